The zero-order valence-electron chi connectivity index (χ0n) is 29.7. The molecule has 1 aliphatic carbocycles. The molecule has 1 atom stereocenters. The number of hydrogen-bond acceptors (Lipinski definition) is 4. The Labute approximate surface area is 284 Å². The van der Waals surface area contributed by atoms with Gasteiger partial charge in [-0.1, -0.05) is 52.3 Å². The SMILES string of the molecule is CC(C)CCC(CC(C)C)C(=O)N=C(N)c1ccc(C(F)(F)F)cc1C1CC1.COc1ncc(-c2c(C)cc(CCO)cc2C)cc1C. The molecule has 4 rings (SSSR count). The number of amides is 1. The molecular formula is C39H52F3N3O3. The van der Waals surface area contributed by atoms with Gasteiger partial charge in [-0.05, 0) is 117 Å². The first kappa shape index (κ1) is 38.7. The quantitative estimate of drug-likeness (QED) is 0.148. The van der Waals surface area contributed by atoms with Crippen molar-refractivity contribution in [2.45, 2.75) is 99.1 Å². The van der Waals surface area contributed by atoms with Gasteiger partial charge in [0.1, 0.15) is 5.84 Å². The predicted octanol–water partition coefficient (Wildman–Crippen LogP) is 9.13. The number of nitrogens with two attached hydrogens (primary N) is 1. The van der Waals surface area contributed by atoms with Gasteiger partial charge in [0.25, 0.3) is 5.91 Å². The normalized spacial score (nSPS) is 14.2. The van der Waals surface area contributed by atoms with Crippen LogP contribution >= 0.6 is 0 Å². The molecule has 0 radical (unpaired) electrons. The van der Waals surface area contributed by atoms with E-state index in [1.165, 1.54) is 28.3 Å². The standard InChI is InChI=1S/C22H31F3N2O.C17H21NO2/c1-13(2)5-6-16(11-14(3)4)21(28)27-20(26)18-10-9-17(22(23,24)25)12-19(18)15-7-8-15;1-11-7-14(5-6-19)8-12(2)16(11)15-9-13(3)17(20-4)18-10-15/h9-10,12-16H,5-8,11H2,1-4H3,(H2,26,27,28);7-10,19H,5-6H2,1-4H3. The summed E-state index contributed by atoms with van der Waals surface area (Å²) < 4.78 is 44.4. The third-order valence-electron chi connectivity index (χ3n) is 8.61. The van der Waals surface area contributed by atoms with Gasteiger partial charge in [0.2, 0.25) is 5.88 Å². The highest BCUT2D eigenvalue weighted by Crippen LogP contribution is 2.43. The molecule has 3 N–H and O–H groups in total. The fourth-order valence-corrected chi connectivity index (χ4v) is 6.11. The molecule has 1 saturated carbocycles. The lowest BCUT2D eigenvalue weighted by Gasteiger charge is -2.18. The number of carbonyl (C=O) groups excluding carboxylic acids is 1. The zero-order chi connectivity index (χ0) is 35.8. The van der Waals surface area contributed by atoms with Crippen molar-refractivity contribution in [3.63, 3.8) is 0 Å². The molecule has 1 aliphatic rings. The summed E-state index contributed by atoms with van der Waals surface area (Å²) in [5, 5.41) is 9.06. The molecule has 48 heavy (non-hydrogen) atoms. The van der Waals surface area contributed by atoms with E-state index in [4.69, 9.17) is 15.6 Å². The lowest BCUT2D eigenvalue weighted by Crippen LogP contribution is -2.23. The molecule has 2 aromatic carbocycles. The Morgan fingerprint density at radius 1 is 1.00 bits per heavy atom. The molecule has 1 heterocycles. The van der Waals surface area contributed by atoms with E-state index >= 15 is 0 Å². The minimum absolute atomic E-state index is 0.0268. The number of carbonyl (C=O) groups is 1. The third kappa shape index (κ3) is 10.9. The van der Waals surface area contributed by atoms with Crippen molar-refractivity contribution in [2.24, 2.45) is 28.5 Å². The van der Waals surface area contributed by atoms with Crippen LogP contribution in [0.4, 0.5) is 13.2 Å². The van der Waals surface area contributed by atoms with Crippen molar-refractivity contribution in [2.75, 3.05) is 13.7 Å². The highest BCUT2D eigenvalue weighted by atomic mass is 19.4. The number of methoxy groups -OCH3 is 1. The highest BCUT2D eigenvalue weighted by Gasteiger charge is 2.34. The molecule has 1 fully saturated rings. The number of aromatic nitrogens is 1. The summed E-state index contributed by atoms with van der Waals surface area (Å²) in [7, 11) is 1.63. The second-order valence-corrected chi connectivity index (χ2v) is 13.8. The van der Waals surface area contributed by atoms with E-state index in [0.717, 1.165) is 55.4 Å². The molecule has 262 valence electrons. The maximum absolute atomic E-state index is 13.1. The number of aliphatic hydroxyl groups is 1. The van der Waals surface area contributed by atoms with Crippen molar-refractivity contribution < 1.29 is 27.8 Å². The number of amidine groups is 1. The number of halogens is 3. The van der Waals surface area contributed by atoms with Gasteiger partial charge in [0, 0.05) is 35.4 Å². The fraction of sp³-hybridized carbons (Fsp3) is 0.513. The number of hydrogen-bond donors (Lipinski definition) is 2. The molecular weight excluding hydrogens is 615 g/mol. The van der Waals surface area contributed by atoms with Gasteiger partial charge >= 0.3 is 6.18 Å². The topological polar surface area (TPSA) is 97.8 Å². The van der Waals surface area contributed by atoms with Crippen molar-refractivity contribution in [3.05, 3.63) is 81.5 Å². The predicted molar refractivity (Wildman–Crippen MR) is 187 cm³/mol. The Balaban J connectivity index is 0.000000275. The highest BCUT2D eigenvalue weighted by molar-refractivity contribution is 6.05. The molecule has 1 amide bonds. The van der Waals surface area contributed by atoms with Crippen LogP contribution in [0, 0.1) is 38.5 Å². The Hall–Kier alpha value is -3.72. The summed E-state index contributed by atoms with van der Waals surface area (Å²) in [4.78, 5) is 21.2. The number of benzene rings is 2. The monoisotopic (exact) mass is 667 g/mol. The van der Waals surface area contributed by atoms with Gasteiger partial charge in [-0.25, -0.2) is 4.98 Å². The summed E-state index contributed by atoms with van der Waals surface area (Å²) in [6, 6.07) is 9.90. The van der Waals surface area contributed by atoms with Gasteiger partial charge in [-0.15, -0.1) is 0 Å². The van der Waals surface area contributed by atoms with Crippen molar-refractivity contribution >= 4 is 11.7 Å². The van der Waals surface area contributed by atoms with Crippen LogP contribution in [0.5, 0.6) is 5.88 Å². The van der Waals surface area contributed by atoms with E-state index < -0.39 is 11.7 Å². The zero-order valence-corrected chi connectivity index (χ0v) is 29.7. The van der Waals surface area contributed by atoms with E-state index in [1.54, 1.807) is 7.11 Å². The van der Waals surface area contributed by atoms with E-state index in [2.05, 4.69) is 69.7 Å². The van der Waals surface area contributed by atoms with Gasteiger partial charge in [0.05, 0.1) is 12.7 Å². The van der Waals surface area contributed by atoms with Crippen LogP contribution in [-0.2, 0) is 17.4 Å². The first-order chi connectivity index (χ1) is 22.5. The van der Waals surface area contributed by atoms with Crippen molar-refractivity contribution in [1.82, 2.24) is 4.98 Å². The van der Waals surface area contributed by atoms with Gasteiger partial charge < -0.3 is 15.6 Å². The molecule has 1 unspecified atom stereocenters. The molecule has 0 aliphatic heterocycles. The Morgan fingerprint density at radius 3 is 2.15 bits per heavy atom. The molecule has 0 spiro atoms. The molecule has 1 aromatic heterocycles. The van der Waals surface area contributed by atoms with E-state index in [0.29, 0.717) is 35.3 Å². The van der Waals surface area contributed by atoms with Crippen LogP contribution in [0.25, 0.3) is 11.1 Å². The lowest BCUT2D eigenvalue weighted by molar-refractivity contribution is -0.137. The average molecular weight is 668 g/mol. The van der Waals surface area contributed by atoms with E-state index in [9.17, 15) is 18.0 Å². The third-order valence-corrected chi connectivity index (χ3v) is 8.61. The summed E-state index contributed by atoms with van der Waals surface area (Å²) in [6.45, 7) is 14.7. The molecule has 9 heteroatoms. The maximum atomic E-state index is 13.1. The van der Waals surface area contributed by atoms with Crippen LogP contribution < -0.4 is 10.5 Å². The van der Waals surface area contributed by atoms with Crippen LogP contribution in [-0.4, -0.2) is 35.5 Å². The minimum atomic E-state index is -4.40. The molecule has 3 aromatic rings. The summed E-state index contributed by atoms with van der Waals surface area (Å²) in [6.07, 6.45) is 2.21. The van der Waals surface area contributed by atoms with Crippen molar-refractivity contribution in [1.29, 1.82) is 0 Å². The number of aliphatic imine (C=N–C) groups is 1. The molecule has 0 saturated heterocycles. The molecule has 0 bridgehead atoms. The second-order valence-electron chi connectivity index (χ2n) is 13.8. The Bertz CT molecular complexity index is 1550. The van der Waals surface area contributed by atoms with Gasteiger partial charge in [-0.2, -0.15) is 18.2 Å². The van der Waals surface area contributed by atoms with E-state index in [-0.39, 0.29) is 30.2 Å². The van der Waals surface area contributed by atoms with Crippen LogP contribution in [0.2, 0.25) is 0 Å². The maximum Gasteiger partial charge on any atom is 0.416 e. The second kappa shape index (κ2) is 17.1. The number of aliphatic hydroxyl groups excluding tert-OH is 1. The van der Waals surface area contributed by atoms with Crippen molar-refractivity contribution in [3.8, 4) is 17.0 Å². The van der Waals surface area contributed by atoms with Crippen LogP contribution in [0.15, 0.2) is 47.6 Å². The van der Waals surface area contributed by atoms with Crippen LogP contribution in [0.3, 0.4) is 0 Å². The largest absolute Gasteiger partial charge is 0.481 e. The number of ether oxygens (including phenoxy) is 1. The number of pyridine rings is 1. The fourth-order valence-electron chi connectivity index (χ4n) is 6.11. The lowest BCUT2D eigenvalue weighted by atomic mass is 9.90. The smallest absolute Gasteiger partial charge is 0.416 e. The Kier molecular flexibility index (Phi) is 13.8. The first-order valence-electron chi connectivity index (χ1n) is 16.9. The number of nitrogens with zero attached hydrogens (tertiary/aromatic N) is 2. The number of alkyl halides is 3. The number of aryl methyl sites for hydroxylation is 3. The summed E-state index contributed by atoms with van der Waals surface area (Å²) >= 11 is 0. The average Bonchev–Trinajstić information content (AvgIpc) is 3.84. The molecule has 6 nitrogen and oxygen atoms in total. The minimum Gasteiger partial charge on any atom is -0.481 e. The van der Waals surface area contributed by atoms with Crippen LogP contribution in [0.1, 0.15) is 105 Å². The summed E-state index contributed by atoms with van der Waals surface area (Å²) in [5.74, 6) is 1.12. The number of rotatable bonds is 12. The summed E-state index contributed by atoms with van der Waals surface area (Å²) in [5.41, 5.74) is 13.3. The van der Waals surface area contributed by atoms with E-state index in [1.807, 2.05) is 13.1 Å². The Morgan fingerprint density at radius 2 is 1.65 bits per heavy atom. The van der Waals surface area contributed by atoms with Gasteiger partial charge in [0.15, 0.2) is 0 Å². The van der Waals surface area contributed by atoms with Gasteiger partial charge in [-0.3, -0.25) is 4.79 Å². The first-order valence-corrected chi connectivity index (χ1v) is 16.9.